The number of pyridine rings is 2. The minimum absolute atomic E-state index is 0. The second-order valence-corrected chi connectivity index (χ2v) is 4.39. The highest BCUT2D eigenvalue weighted by Crippen LogP contribution is 2.10. The molecule has 5 N–H and O–H groups in total. The summed E-state index contributed by atoms with van der Waals surface area (Å²) < 4.78 is 1.74. The summed E-state index contributed by atoms with van der Waals surface area (Å²) in [6.45, 7) is 4.32. The first-order valence-electron chi connectivity index (χ1n) is 6.14. The Balaban J connectivity index is 0.00000220. The van der Waals surface area contributed by atoms with Crippen molar-refractivity contribution >= 4 is 22.9 Å². The zero-order valence-corrected chi connectivity index (χ0v) is 12.4. The Morgan fingerprint density at radius 1 is 1.38 bits per heavy atom. The molecule has 7 nitrogen and oxygen atoms in total. The fraction of sp³-hybridized carbons (Fsp3) is 0.231. The molecular weight excluding hydrogens is 294 g/mol. The number of guanidine groups is 1. The molecule has 8 heteroatoms. The SMILES string of the molecule is CCn1cc(C(=O)[NH+]=C(N)N)c(=O)c2ccc(C)nc21.[Cl-]. The van der Waals surface area contributed by atoms with Crippen LogP contribution in [0.15, 0.2) is 23.1 Å². The summed E-state index contributed by atoms with van der Waals surface area (Å²) in [6, 6.07) is 3.40. The molecule has 0 aliphatic carbocycles. The van der Waals surface area contributed by atoms with Gasteiger partial charge in [-0.25, -0.2) is 9.98 Å². The van der Waals surface area contributed by atoms with E-state index in [1.165, 1.54) is 6.20 Å². The summed E-state index contributed by atoms with van der Waals surface area (Å²) in [5.41, 5.74) is 11.4. The summed E-state index contributed by atoms with van der Waals surface area (Å²) in [7, 11) is 0. The topological polar surface area (TPSA) is 118 Å². The Hall–Kier alpha value is -2.41. The molecule has 0 bridgehead atoms. The lowest BCUT2D eigenvalue weighted by Crippen LogP contribution is -3.00. The van der Waals surface area contributed by atoms with Crippen LogP contribution in [0, 0.1) is 6.92 Å². The number of halogens is 1. The zero-order valence-electron chi connectivity index (χ0n) is 11.7. The van der Waals surface area contributed by atoms with Gasteiger partial charge in [-0.15, -0.1) is 0 Å². The van der Waals surface area contributed by atoms with Gasteiger partial charge in [-0.05, 0) is 26.0 Å². The normalized spacial score (nSPS) is 10.0. The van der Waals surface area contributed by atoms with E-state index in [9.17, 15) is 9.59 Å². The lowest BCUT2D eigenvalue weighted by molar-refractivity contribution is -0.347. The number of nitrogens with two attached hydrogens (primary N) is 2. The zero-order chi connectivity index (χ0) is 14.9. The van der Waals surface area contributed by atoms with Gasteiger partial charge in [-0.1, -0.05) is 0 Å². The van der Waals surface area contributed by atoms with Crippen molar-refractivity contribution in [3.05, 3.63) is 39.8 Å². The number of fused-ring (bicyclic) bond motifs is 1. The van der Waals surface area contributed by atoms with Crippen molar-refractivity contribution in [2.75, 3.05) is 0 Å². The van der Waals surface area contributed by atoms with Gasteiger partial charge >= 0.3 is 11.9 Å². The first-order chi connectivity index (χ1) is 9.43. The van der Waals surface area contributed by atoms with Crippen molar-refractivity contribution in [1.29, 1.82) is 0 Å². The van der Waals surface area contributed by atoms with Crippen molar-refractivity contribution in [3.63, 3.8) is 0 Å². The second-order valence-electron chi connectivity index (χ2n) is 4.39. The Morgan fingerprint density at radius 3 is 2.62 bits per heavy atom. The van der Waals surface area contributed by atoms with Gasteiger partial charge in [0, 0.05) is 18.4 Å². The van der Waals surface area contributed by atoms with E-state index in [-0.39, 0.29) is 23.9 Å². The van der Waals surface area contributed by atoms with Crippen molar-refractivity contribution in [1.82, 2.24) is 9.55 Å². The summed E-state index contributed by atoms with van der Waals surface area (Å²) >= 11 is 0. The number of nitrogens with one attached hydrogen (secondary N) is 1. The Labute approximate surface area is 127 Å². The number of aryl methyl sites for hydroxylation is 2. The Kier molecular flexibility index (Phi) is 5.04. The van der Waals surface area contributed by atoms with Gasteiger partial charge in [-0.3, -0.25) is 21.1 Å². The smallest absolute Gasteiger partial charge is 0.346 e. The molecule has 2 aromatic heterocycles. The molecule has 0 spiro atoms. The second kappa shape index (κ2) is 6.36. The minimum atomic E-state index is -0.625. The monoisotopic (exact) mass is 309 g/mol. The lowest BCUT2D eigenvalue weighted by Gasteiger charge is -2.09. The first kappa shape index (κ1) is 16.6. The maximum Gasteiger partial charge on any atom is 0.346 e. The van der Waals surface area contributed by atoms with Crippen LogP contribution >= 0.6 is 0 Å². The van der Waals surface area contributed by atoms with E-state index >= 15 is 0 Å². The van der Waals surface area contributed by atoms with Crippen LogP contribution < -0.4 is 34.3 Å². The van der Waals surface area contributed by atoms with Crippen LogP contribution in [0.25, 0.3) is 11.0 Å². The van der Waals surface area contributed by atoms with Gasteiger partial charge < -0.3 is 17.0 Å². The van der Waals surface area contributed by atoms with Crippen LogP contribution in [0.2, 0.25) is 0 Å². The van der Waals surface area contributed by atoms with Crippen molar-refractivity contribution in [2.45, 2.75) is 20.4 Å². The summed E-state index contributed by atoms with van der Waals surface area (Å²) in [5, 5.41) is 0.390. The van der Waals surface area contributed by atoms with Crippen molar-refractivity contribution in [3.8, 4) is 0 Å². The number of carbonyl (C=O) groups excluding carboxylic acids is 1. The quantitative estimate of drug-likeness (QED) is 0.380. The van der Waals surface area contributed by atoms with Crippen LogP contribution in [0.5, 0.6) is 0 Å². The third-order valence-corrected chi connectivity index (χ3v) is 2.90. The number of hydrogen-bond donors (Lipinski definition) is 3. The van der Waals surface area contributed by atoms with Gasteiger partial charge in [0.15, 0.2) is 0 Å². The molecule has 0 saturated heterocycles. The number of nitrogens with zero attached hydrogens (tertiary/aromatic N) is 2. The highest BCUT2D eigenvalue weighted by atomic mass is 35.5. The number of hydrogen-bond acceptors (Lipinski definition) is 3. The molecule has 112 valence electrons. The van der Waals surface area contributed by atoms with Crippen molar-refractivity contribution in [2.24, 2.45) is 11.5 Å². The Morgan fingerprint density at radius 2 is 2.05 bits per heavy atom. The molecule has 0 saturated carbocycles. The van der Waals surface area contributed by atoms with Gasteiger partial charge in [0.1, 0.15) is 11.2 Å². The minimum Gasteiger partial charge on any atom is -1.00 e. The van der Waals surface area contributed by atoms with Gasteiger partial charge in [0.25, 0.3) is 0 Å². The average molecular weight is 310 g/mol. The molecule has 0 aliphatic heterocycles. The average Bonchev–Trinajstić information content (AvgIpc) is 2.38. The van der Waals surface area contributed by atoms with Gasteiger partial charge in [0.2, 0.25) is 5.43 Å². The molecule has 1 amide bonds. The Bertz CT molecular complexity index is 778. The van der Waals surface area contributed by atoms with E-state index in [0.717, 1.165) is 5.69 Å². The highest BCUT2D eigenvalue weighted by Gasteiger charge is 2.16. The molecule has 2 aromatic rings. The van der Waals surface area contributed by atoms with E-state index in [2.05, 4.69) is 9.98 Å². The third kappa shape index (κ3) is 3.19. The van der Waals surface area contributed by atoms with Crippen LogP contribution in [-0.2, 0) is 6.54 Å². The van der Waals surface area contributed by atoms with Crippen LogP contribution in [-0.4, -0.2) is 21.4 Å². The molecule has 0 aliphatic rings. The van der Waals surface area contributed by atoms with Crippen LogP contribution in [0.3, 0.4) is 0 Å². The van der Waals surface area contributed by atoms with Crippen LogP contribution in [0.1, 0.15) is 23.0 Å². The standard InChI is InChI=1S/C13H15N5O2.ClH/c1-3-18-6-9(12(20)17-13(14)15)10(19)8-5-4-7(2)16-11(8)18;/h4-6H,3H2,1-2H3,(H4,14,15,17,20);1H. The van der Waals surface area contributed by atoms with Gasteiger partial charge in [0.05, 0.1) is 5.39 Å². The molecular formula is C13H16ClN5O2. The molecule has 0 atom stereocenters. The van der Waals surface area contributed by atoms with E-state index in [1.54, 1.807) is 16.7 Å². The molecule has 0 fully saturated rings. The third-order valence-electron chi connectivity index (χ3n) is 2.90. The maximum absolute atomic E-state index is 12.3. The number of amides is 1. The predicted molar refractivity (Wildman–Crippen MR) is 75.1 cm³/mol. The van der Waals surface area contributed by atoms with Crippen LogP contribution in [0.4, 0.5) is 0 Å². The summed E-state index contributed by atoms with van der Waals surface area (Å²) in [4.78, 5) is 30.8. The lowest BCUT2D eigenvalue weighted by atomic mass is 10.1. The number of rotatable bonds is 2. The molecule has 0 unspecified atom stereocenters. The fourth-order valence-electron chi connectivity index (χ4n) is 1.96. The molecule has 2 heterocycles. The predicted octanol–water partition coefficient (Wildman–Crippen LogP) is -4.78. The summed E-state index contributed by atoms with van der Waals surface area (Å²) in [5.74, 6) is -0.876. The molecule has 21 heavy (non-hydrogen) atoms. The molecule has 2 rings (SSSR count). The number of aromatic nitrogens is 2. The first-order valence-corrected chi connectivity index (χ1v) is 6.14. The largest absolute Gasteiger partial charge is 1.00 e. The van der Waals surface area contributed by atoms with Gasteiger partial charge in [-0.2, -0.15) is 0 Å². The maximum atomic E-state index is 12.3. The van der Waals surface area contributed by atoms with E-state index in [0.29, 0.717) is 17.6 Å². The van der Waals surface area contributed by atoms with Crippen molar-refractivity contribution < 1.29 is 22.2 Å². The fourth-order valence-corrected chi connectivity index (χ4v) is 1.96. The van der Waals surface area contributed by atoms with E-state index in [1.807, 2.05) is 13.8 Å². The molecule has 0 radical (unpaired) electrons. The summed E-state index contributed by atoms with van der Waals surface area (Å²) in [6.07, 6.45) is 1.47. The van der Waals surface area contributed by atoms with E-state index < -0.39 is 11.3 Å². The molecule has 0 aromatic carbocycles. The van der Waals surface area contributed by atoms with E-state index in [4.69, 9.17) is 11.5 Å². The number of carbonyl (C=O) groups is 1. The highest BCUT2D eigenvalue weighted by molar-refractivity contribution is 5.93.